The molecule has 2 aromatic rings. The Hall–Kier alpha value is -1.89. The number of benzene rings is 1. The number of fused-ring (bicyclic) bond motifs is 2. The van der Waals surface area contributed by atoms with Gasteiger partial charge in [-0.05, 0) is 43.5 Å². The van der Waals surface area contributed by atoms with Crippen molar-refractivity contribution in [1.29, 1.82) is 0 Å². The summed E-state index contributed by atoms with van der Waals surface area (Å²) in [6.07, 6.45) is 4.80. The second kappa shape index (κ2) is 8.64. The van der Waals surface area contributed by atoms with Crippen molar-refractivity contribution >= 4 is 16.9 Å². The second-order valence-corrected chi connectivity index (χ2v) is 7.80. The number of ether oxygens (including phenoxy) is 2. The van der Waals surface area contributed by atoms with Gasteiger partial charge in [0.2, 0.25) is 0 Å². The maximum atomic E-state index is 11.3. The summed E-state index contributed by atoms with van der Waals surface area (Å²) >= 11 is 0. The Morgan fingerprint density at radius 1 is 1.32 bits per heavy atom. The summed E-state index contributed by atoms with van der Waals surface area (Å²) in [6.45, 7) is 4.73. The number of furan rings is 1. The minimum absolute atomic E-state index is 0.354. The van der Waals surface area contributed by atoms with E-state index >= 15 is 0 Å². The predicted octanol–water partition coefficient (Wildman–Crippen LogP) is 3.61. The van der Waals surface area contributed by atoms with E-state index in [0.29, 0.717) is 25.2 Å². The lowest BCUT2D eigenvalue weighted by atomic mass is 9.90. The first-order chi connectivity index (χ1) is 13.6. The molecule has 1 N–H and O–H groups in total. The van der Waals surface area contributed by atoms with E-state index in [0.717, 1.165) is 48.4 Å². The maximum absolute atomic E-state index is 11.3. The third kappa shape index (κ3) is 4.24. The van der Waals surface area contributed by atoms with Crippen LogP contribution in [0.25, 0.3) is 11.0 Å². The molecule has 2 aliphatic rings. The Morgan fingerprint density at radius 3 is 3.00 bits per heavy atom. The number of rotatable bonds is 7. The minimum atomic E-state index is -0.927. The molecule has 0 bridgehead atoms. The van der Waals surface area contributed by atoms with Gasteiger partial charge in [-0.25, -0.2) is 4.79 Å². The van der Waals surface area contributed by atoms with Crippen molar-refractivity contribution in [3.8, 4) is 0 Å². The summed E-state index contributed by atoms with van der Waals surface area (Å²) in [6, 6.07) is 8.45. The molecule has 28 heavy (non-hydrogen) atoms. The van der Waals surface area contributed by atoms with Gasteiger partial charge in [0.25, 0.3) is 0 Å². The summed E-state index contributed by atoms with van der Waals surface area (Å²) in [4.78, 5) is 13.8. The monoisotopic (exact) mass is 387 g/mol. The molecule has 6 nitrogen and oxygen atoms in total. The third-order valence-electron chi connectivity index (χ3n) is 5.90. The van der Waals surface area contributed by atoms with Crippen LogP contribution in [-0.2, 0) is 27.2 Å². The lowest BCUT2D eigenvalue weighted by Gasteiger charge is -2.43. The molecular weight excluding hydrogens is 358 g/mol. The normalized spacial score (nSPS) is 24.2. The van der Waals surface area contributed by atoms with Crippen molar-refractivity contribution in [3.05, 3.63) is 35.6 Å². The van der Waals surface area contributed by atoms with Gasteiger partial charge >= 0.3 is 5.97 Å². The predicted molar refractivity (Wildman–Crippen MR) is 105 cm³/mol. The van der Waals surface area contributed by atoms with Gasteiger partial charge in [-0.1, -0.05) is 18.9 Å². The average molecular weight is 387 g/mol. The third-order valence-corrected chi connectivity index (χ3v) is 5.90. The zero-order valence-electron chi connectivity index (χ0n) is 16.4. The van der Waals surface area contributed by atoms with Crippen molar-refractivity contribution < 1.29 is 23.8 Å². The van der Waals surface area contributed by atoms with Crippen molar-refractivity contribution in [1.82, 2.24) is 4.90 Å². The van der Waals surface area contributed by atoms with Gasteiger partial charge in [0, 0.05) is 31.0 Å². The molecule has 3 unspecified atom stereocenters. The van der Waals surface area contributed by atoms with E-state index in [1.54, 1.807) is 0 Å². The fourth-order valence-electron chi connectivity index (χ4n) is 4.56. The second-order valence-electron chi connectivity index (χ2n) is 7.80. The molecular formula is C22H29NO5. The zero-order chi connectivity index (χ0) is 19.5. The Bertz CT molecular complexity index is 814. The van der Waals surface area contributed by atoms with Crippen molar-refractivity contribution in [2.75, 3.05) is 19.8 Å². The molecule has 1 aromatic carbocycles. The SMILES string of the molecule is CCOC(Cc1ccc2oc(CN3CCOC4CCCCC43)cc2c1)C(=O)O. The molecule has 0 radical (unpaired) electrons. The number of carbonyl (C=O) groups is 1. The smallest absolute Gasteiger partial charge is 0.333 e. The van der Waals surface area contributed by atoms with E-state index in [4.69, 9.17) is 13.9 Å². The lowest BCUT2D eigenvalue weighted by Crippen LogP contribution is -2.52. The fourth-order valence-corrected chi connectivity index (χ4v) is 4.56. The molecule has 152 valence electrons. The highest BCUT2D eigenvalue weighted by atomic mass is 16.5. The van der Waals surface area contributed by atoms with E-state index in [2.05, 4.69) is 11.0 Å². The van der Waals surface area contributed by atoms with Gasteiger partial charge in [-0.15, -0.1) is 0 Å². The van der Waals surface area contributed by atoms with Crippen molar-refractivity contribution in [2.45, 2.75) is 63.8 Å². The van der Waals surface area contributed by atoms with Gasteiger partial charge in [-0.2, -0.15) is 0 Å². The van der Waals surface area contributed by atoms with Crippen LogP contribution < -0.4 is 0 Å². The molecule has 0 spiro atoms. The lowest BCUT2D eigenvalue weighted by molar-refractivity contribution is -0.149. The molecule has 2 heterocycles. The number of hydrogen-bond acceptors (Lipinski definition) is 5. The molecule has 0 amide bonds. The molecule has 1 aliphatic carbocycles. The molecule has 4 rings (SSSR count). The Labute approximate surface area is 165 Å². The van der Waals surface area contributed by atoms with E-state index < -0.39 is 12.1 Å². The highest BCUT2D eigenvalue weighted by Crippen LogP contribution is 2.30. The van der Waals surface area contributed by atoms with E-state index in [1.165, 1.54) is 19.3 Å². The molecule has 1 aromatic heterocycles. The van der Waals surface area contributed by atoms with Crippen molar-refractivity contribution in [3.63, 3.8) is 0 Å². The van der Waals surface area contributed by atoms with Crippen LogP contribution in [0.2, 0.25) is 0 Å². The minimum Gasteiger partial charge on any atom is -0.479 e. The summed E-state index contributed by atoms with van der Waals surface area (Å²) in [5.74, 6) is 0.0298. The first kappa shape index (κ1) is 19.4. The first-order valence-corrected chi connectivity index (χ1v) is 10.4. The van der Waals surface area contributed by atoms with Crippen LogP contribution in [0, 0.1) is 0 Å². The Balaban J connectivity index is 1.48. The molecule has 1 saturated heterocycles. The molecule has 1 saturated carbocycles. The number of carboxylic acid groups (broad SMARTS) is 1. The van der Waals surface area contributed by atoms with Gasteiger partial charge in [0.1, 0.15) is 11.3 Å². The van der Waals surface area contributed by atoms with Crippen LogP contribution in [0.1, 0.15) is 43.9 Å². The molecule has 1 aliphatic heterocycles. The quantitative estimate of drug-likeness (QED) is 0.783. The van der Waals surface area contributed by atoms with Crippen LogP contribution in [0.15, 0.2) is 28.7 Å². The Morgan fingerprint density at radius 2 is 2.18 bits per heavy atom. The van der Waals surface area contributed by atoms with E-state index in [9.17, 15) is 9.90 Å². The van der Waals surface area contributed by atoms with Gasteiger partial charge in [0.05, 0.1) is 19.3 Å². The van der Waals surface area contributed by atoms with Crippen LogP contribution in [0.5, 0.6) is 0 Å². The number of hydrogen-bond donors (Lipinski definition) is 1. The summed E-state index contributed by atoms with van der Waals surface area (Å²) in [5.41, 5.74) is 1.79. The van der Waals surface area contributed by atoms with Crippen molar-refractivity contribution in [2.24, 2.45) is 0 Å². The Kier molecular flexibility index (Phi) is 5.99. The summed E-state index contributed by atoms with van der Waals surface area (Å²) < 4.78 is 17.4. The average Bonchev–Trinajstić information content (AvgIpc) is 3.09. The number of nitrogens with zero attached hydrogens (tertiary/aromatic N) is 1. The summed E-state index contributed by atoms with van der Waals surface area (Å²) in [7, 11) is 0. The van der Waals surface area contributed by atoms with Crippen LogP contribution in [-0.4, -0.2) is 54.0 Å². The standard InChI is InChI=1S/C22H29NO5/c1-2-26-21(22(24)25)12-15-7-8-19-16(11-15)13-17(28-19)14-23-9-10-27-20-6-4-3-5-18(20)23/h7-8,11,13,18,20-21H,2-6,9-10,12,14H2,1H3,(H,24,25). The highest BCUT2D eigenvalue weighted by molar-refractivity contribution is 5.79. The summed E-state index contributed by atoms with van der Waals surface area (Å²) in [5, 5.41) is 10.3. The van der Waals surface area contributed by atoms with Gasteiger partial charge in [-0.3, -0.25) is 4.90 Å². The van der Waals surface area contributed by atoms with E-state index in [-0.39, 0.29) is 0 Å². The largest absolute Gasteiger partial charge is 0.479 e. The van der Waals surface area contributed by atoms with E-state index in [1.807, 2.05) is 25.1 Å². The molecule has 6 heteroatoms. The van der Waals surface area contributed by atoms with Gasteiger partial charge in [0.15, 0.2) is 6.10 Å². The van der Waals surface area contributed by atoms with Gasteiger partial charge < -0.3 is 19.0 Å². The van der Waals surface area contributed by atoms with Crippen LogP contribution in [0.4, 0.5) is 0 Å². The zero-order valence-corrected chi connectivity index (χ0v) is 16.4. The van der Waals surface area contributed by atoms with Crippen LogP contribution >= 0.6 is 0 Å². The number of carboxylic acids is 1. The molecule has 3 atom stereocenters. The molecule has 2 fully saturated rings. The topological polar surface area (TPSA) is 72.1 Å². The highest BCUT2D eigenvalue weighted by Gasteiger charge is 2.34. The first-order valence-electron chi connectivity index (χ1n) is 10.4. The fraction of sp³-hybridized carbons (Fsp3) is 0.591. The maximum Gasteiger partial charge on any atom is 0.333 e. The number of aliphatic carboxylic acids is 1. The van der Waals surface area contributed by atoms with Crippen LogP contribution in [0.3, 0.4) is 0 Å². The number of morpholine rings is 1.